The number of carbonyl (C=O) groups is 3. The Morgan fingerprint density at radius 1 is 1.08 bits per heavy atom. The van der Waals surface area contributed by atoms with Gasteiger partial charge in [0.05, 0.1) is 0 Å². The van der Waals surface area contributed by atoms with Crippen LogP contribution >= 0.6 is 0 Å². The van der Waals surface area contributed by atoms with E-state index in [1.54, 1.807) is 0 Å². The first-order valence-corrected chi connectivity index (χ1v) is 2.72. The monoisotopic (exact) mass is 170 g/mol. The first-order chi connectivity index (χ1) is 5.60. The second kappa shape index (κ2) is 4.69. The van der Waals surface area contributed by atoms with Crippen molar-refractivity contribution < 1.29 is 14.4 Å². The Kier molecular flexibility index (Phi) is 3.88. The lowest BCUT2D eigenvalue weighted by molar-refractivity contribution is -0.129. The largest absolute Gasteiger partial charge is 0.373 e. The van der Waals surface area contributed by atoms with Crippen LogP contribution in [0.3, 0.4) is 0 Å². The van der Waals surface area contributed by atoms with Crippen LogP contribution in [0.25, 0.3) is 16.0 Å². The summed E-state index contributed by atoms with van der Waals surface area (Å²) in [5, 5.41) is 3.80. The van der Waals surface area contributed by atoms with Gasteiger partial charge in [0.1, 0.15) is 6.42 Å². The number of amides is 4. The quantitative estimate of drug-likeness (QED) is 0.222. The molecule has 0 aromatic heterocycles. The van der Waals surface area contributed by atoms with Gasteiger partial charge in [0, 0.05) is 0 Å². The van der Waals surface area contributed by atoms with E-state index in [0.717, 1.165) is 0 Å². The van der Waals surface area contributed by atoms with Crippen LogP contribution in [0.2, 0.25) is 0 Å². The Hall–Kier alpha value is -2.08. The highest BCUT2D eigenvalue weighted by Gasteiger charge is 2.20. The van der Waals surface area contributed by atoms with Crippen LogP contribution in [-0.2, 0) is 9.59 Å². The molecule has 1 aliphatic heterocycles. The lowest BCUT2D eigenvalue weighted by atomic mass is 10.3. The van der Waals surface area contributed by atoms with Gasteiger partial charge in [-0.1, -0.05) is 0 Å². The molecule has 8 nitrogen and oxygen atoms in total. The van der Waals surface area contributed by atoms with Crippen molar-refractivity contribution in [1.82, 2.24) is 10.6 Å². The molecule has 0 unspecified atom stereocenters. The van der Waals surface area contributed by atoms with Gasteiger partial charge in [-0.3, -0.25) is 25.1 Å². The molecule has 1 saturated heterocycles. The molecule has 4 amide bonds. The minimum Gasteiger partial charge on any atom is -0.373 e. The van der Waals surface area contributed by atoms with Crippen molar-refractivity contribution in [3.63, 3.8) is 0 Å². The zero-order chi connectivity index (χ0) is 9.56. The zero-order valence-corrected chi connectivity index (χ0v) is 5.77. The molecule has 1 aliphatic rings. The summed E-state index contributed by atoms with van der Waals surface area (Å²) in [6.07, 6.45) is -0.258. The van der Waals surface area contributed by atoms with Gasteiger partial charge in [0.15, 0.2) is 0 Å². The normalized spacial score (nSPS) is 14.8. The van der Waals surface area contributed by atoms with Crippen molar-refractivity contribution in [3.05, 3.63) is 16.0 Å². The Labute approximate surface area is 66.3 Å². The van der Waals surface area contributed by atoms with Crippen molar-refractivity contribution in [3.8, 4) is 0 Å². The van der Waals surface area contributed by atoms with E-state index in [4.69, 9.17) is 11.1 Å². The molecule has 2 N–H and O–H groups in total. The minimum absolute atomic E-state index is 0.258. The van der Waals surface area contributed by atoms with Crippen molar-refractivity contribution >= 4 is 17.8 Å². The third kappa shape index (κ3) is 3.85. The molecule has 8 heteroatoms. The van der Waals surface area contributed by atoms with E-state index < -0.39 is 17.8 Å². The van der Waals surface area contributed by atoms with Gasteiger partial charge in [0.25, 0.3) is 0 Å². The van der Waals surface area contributed by atoms with Gasteiger partial charge < -0.3 is 11.1 Å². The highest BCUT2D eigenvalue weighted by molar-refractivity contribution is 6.14. The summed E-state index contributed by atoms with van der Waals surface area (Å²) in [4.78, 5) is 32.3. The summed E-state index contributed by atoms with van der Waals surface area (Å²) < 4.78 is 0. The summed E-state index contributed by atoms with van der Waals surface area (Å²) in [7, 11) is 0. The number of hydrogen-bond donors (Lipinski definition) is 2. The molecule has 12 heavy (non-hydrogen) atoms. The summed E-state index contributed by atoms with van der Waals surface area (Å²) in [6.45, 7) is 0. The van der Waals surface area contributed by atoms with Crippen LogP contribution in [0.1, 0.15) is 6.42 Å². The second-order valence-corrected chi connectivity index (χ2v) is 1.69. The molecule has 0 aliphatic carbocycles. The van der Waals surface area contributed by atoms with Crippen molar-refractivity contribution in [2.75, 3.05) is 0 Å². The lowest BCUT2D eigenvalue weighted by Crippen LogP contribution is -2.49. The van der Waals surface area contributed by atoms with Gasteiger partial charge in [-0.05, 0) is 0 Å². The van der Waals surface area contributed by atoms with Crippen molar-refractivity contribution in [2.24, 2.45) is 0 Å². The first kappa shape index (κ1) is 9.92. The Morgan fingerprint density at radius 3 is 1.67 bits per heavy atom. The molecule has 0 saturated carbocycles. The average Bonchev–Trinajstić information content (AvgIpc) is 1.84. The molecule has 1 heterocycles. The molecule has 0 aromatic rings. The van der Waals surface area contributed by atoms with Gasteiger partial charge >= 0.3 is 6.03 Å². The lowest BCUT2D eigenvalue weighted by Gasteiger charge is -2.09. The number of nitrogens with zero attached hydrogens (tertiary/aromatic N) is 3. The highest BCUT2D eigenvalue weighted by atomic mass is 16.2. The summed E-state index contributed by atoms with van der Waals surface area (Å²) in [5.41, 5.74) is 13.5. The standard InChI is InChI=1S/C4H4N2O3.N3/c7-2-1-3(8)6-4(9)5-2;1-3-2/h1H2,(H2,5,6,7,8,9);/q;-1. The summed E-state index contributed by atoms with van der Waals surface area (Å²) >= 11 is 0. The number of imide groups is 2. The number of hydrogen-bond acceptors (Lipinski definition) is 3. The van der Waals surface area contributed by atoms with Crippen LogP contribution in [0.15, 0.2) is 0 Å². The number of carbonyl (C=O) groups excluding carboxylic acids is 3. The predicted molar refractivity (Wildman–Crippen MR) is 36.4 cm³/mol. The number of nitrogens with one attached hydrogen (secondary N) is 2. The molecule has 1 rings (SSSR count). The van der Waals surface area contributed by atoms with Crippen molar-refractivity contribution in [1.29, 1.82) is 0 Å². The molecular formula is C4H4N5O3-. The molecule has 0 spiro atoms. The fraction of sp³-hybridized carbons (Fsp3) is 0.250. The third-order valence-electron chi connectivity index (χ3n) is 0.827. The van der Waals surface area contributed by atoms with E-state index >= 15 is 0 Å². The minimum atomic E-state index is -0.740. The van der Waals surface area contributed by atoms with E-state index in [9.17, 15) is 14.4 Å². The Balaban J connectivity index is 0.000000354. The third-order valence-corrected chi connectivity index (χ3v) is 0.827. The zero-order valence-electron chi connectivity index (χ0n) is 5.77. The number of rotatable bonds is 0. The van der Waals surface area contributed by atoms with Gasteiger partial charge in [-0.25, -0.2) is 4.79 Å². The maximum atomic E-state index is 10.3. The van der Waals surface area contributed by atoms with Crippen LogP contribution in [-0.4, -0.2) is 17.8 Å². The van der Waals surface area contributed by atoms with E-state index in [1.807, 2.05) is 10.6 Å². The predicted octanol–water partition coefficient (Wildman–Crippen LogP) is -0.391. The molecule has 64 valence electrons. The smallest absolute Gasteiger partial charge is 0.328 e. The van der Waals surface area contributed by atoms with E-state index in [2.05, 4.69) is 0 Å². The van der Waals surface area contributed by atoms with Crippen LogP contribution in [0.5, 0.6) is 0 Å². The fourth-order valence-corrected chi connectivity index (χ4v) is 0.519. The van der Waals surface area contributed by atoms with Crippen LogP contribution < -0.4 is 10.6 Å². The van der Waals surface area contributed by atoms with Gasteiger partial charge in [-0.2, -0.15) is 0 Å². The molecular weight excluding hydrogens is 166 g/mol. The SMILES string of the molecule is O=C1CC(=O)NC(=O)N1.[N-]=[N+]=[N-]. The van der Waals surface area contributed by atoms with Gasteiger partial charge in [0.2, 0.25) is 11.8 Å². The molecule has 0 radical (unpaired) electrons. The van der Waals surface area contributed by atoms with E-state index in [1.165, 1.54) is 4.91 Å². The number of barbiturate groups is 1. The van der Waals surface area contributed by atoms with E-state index in [-0.39, 0.29) is 6.42 Å². The Morgan fingerprint density at radius 2 is 1.42 bits per heavy atom. The van der Waals surface area contributed by atoms with Crippen LogP contribution in [0.4, 0.5) is 4.79 Å². The maximum Gasteiger partial charge on any atom is 0.328 e. The van der Waals surface area contributed by atoms with Crippen molar-refractivity contribution in [2.45, 2.75) is 6.42 Å². The molecule has 0 bridgehead atoms. The number of urea groups is 1. The summed E-state index contributed by atoms with van der Waals surface area (Å²) in [6, 6.07) is -0.740. The molecule has 0 atom stereocenters. The molecule has 1 fully saturated rings. The Bertz CT molecular complexity index is 208. The average molecular weight is 170 g/mol. The maximum absolute atomic E-state index is 10.3. The van der Waals surface area contributed by atoms with Gasteiger partial charge in [-0.15, -0.1) is 0 Å². The topological polar surface area (TPSA) is 134 Å². The fourth-order valence-electron chi connectivity index (χ4n) is 0.519. The van der Waals surface area contributed by atoms with E-state index in [0.29, 0.717) is 0 Å². The first-order valence-electron chi connectivity index (χ1n) is 2.72. The van der Waals surface area contributed by atoms with Crippen LogP contribution in [0, 0.1) is 0 Å². The highest BCUT2D eigenvalue weighted by Crippen LogP contribution is 1.85. The summed E-state index contributed by atoms with van der Waals surface area (Å²) in [5.74, 6) is -1.10. The second-order valence-electron chi connectivity index (χ2n) is 1.69. The molecule has 0 aromatic carbocycles.